The Kier molecular flexibility index (Phi) is 7.04. The zero-order valence-electron chi connectivity index (χ0n) is 17.3. The van der Waals surface area contributed by atoms with Crippen molar-refractivity contribution in [2.45, 2.75) is 32.8 Å². The predicted octanol–water partition coefficient (Wildman–Crippen LogP) is 4.89. The van der Waals surface area contributed by atoms with Crippen LogP contribution in [0.5, 0.6) is 11.5 Å². The first-order valence-corrected chi connectivity index (χ1v) is 10.4. The Labute approximate surface area is 177 Å². The van der Waals surface area contributed by atoms with Crippen LogP contribution in [-0.2, 0) is 9.53 Å². The highest BCUT2D eigenvalue weighted by Gasteiger charge is 2.23. The summed E-state index contributed by atoms with van der Waals surface area (Å²) in [5, 5.41) is 4.06. The third-order valence-electron chi connectivity index (χ3n) is 4.63. The summed E-state index contributed by atoms with van der Waals surface area (Å²) in [5.74, 6) is 1.76. The van der Waals surface area contributed by atoms with Crippen LogP contribution in [0.15, 0.2) is 48.5 Å². The van der Waals surface area contributed by atoms with Crippen LogP contribution in [0.1, 0.15) is 27.2 Å². The molecule has 2 aromatic rings. The van der Waals surface area contributed by atoms with Crippen LogP contribution < -0.4 is 15.0 Å². The van der Waals surface area contributed by atoms with Crippen molar-refractivity contribution in [1.82, 2.24) is 5.32 Å². The number of anilines is 1. The summed E-state index contributed by atoms with van der Waals surface area (Å²) in [5.41, 5.74) is 0.486. The molecule has 0 aromatic heterocycles. The molecule has 29 heavy (non-hydrogen) atoms. The maximum absolute atomic E-state index is 12.4. The molecule has 1 unspecified atom stereocenters. The fourth-order valence-electron chi connectivity index (χ4n) is 3.34. The van der Waals surface area contributed by atoms with Crippen molar-refractivity contribution in [2.24, 2.45) is 5.92 Å². The van der Waals surface area contributed by atoms with Gasteiger partial charge < -0.3 is 19.7 Å². The summed E-state index contributed by atoms with van der Waals surface area (Å²) in [6.45, 7) is 8.70. The lowest BCUT2D eigenvalue weighted by molar-refractivity contribution is -0.153. The van der Waals surface area contributed by atoms with Crippen LogP contribution in [0.2, 0.25) is 5.02 Å². The maximum Gasteiger partial charge on any atom is 0.326 e. The van der Waals surface area contributed by atoms with E-state index in [-0.39, 0.29) is 12.5 Å². The number of esters is 1. The van der Waals surface area contributed by atoms with Crippen molar-refractivity contribution in [2.75, 3.05) is 31.1 Å². The van der Waals surface area contributed by atoms with Gasteiger partial charge in [-0.15, -0.1) is 0 Å². The maximum atomic E-state index is 12.4. The lowest BCUT2D eigenvalue weighted by Crippen LogP contribution is -2.38. The fraction of sp³-hybridized carbons (Fsp3) is 0.435. The first-order chi connectivity index (χ1) is 13.8. The fourth-order valence-corrected chi connectivity index (χ4v) is 3.46. The Morgan fingerprint density at radius 2 is 1.72 bits per heavy atom. The van der Waals surface area contributed by atoms with Crippen molar-refractivity contribution in [3.63, 3.8) is 0 Å². The third kappa shape index (κ3) is 6.94. The van der Waals surface area contributed by atoms with Crippen LogP contribution in [0.25, 0.3) is 0 Å². The molecule has 0 spiro atoms. The largest absolute Gasteiger partial charge is 0.459 e. The Balaban J connectivity index is 1.70. The lowest BCUT2D eigenvalue weighted by atomic mass is 10.1. The van der Waals surface area contributed by atoms with E-state index >= 15 is 0 Å². The zero-order valence-corrected chi connectivity index (χ0v) is 18.0. The van der Waals surface area contributed by atoms with E-state index in [0.29, 0.717) is 10.9 Å². The molecule has 1 aliphatic heterocycles. The number of ether oxygens (including phenoxy) is 2. The average Bonchev–Trinajstić information content (AvgIpc) is 3.15. The van der Waals surface area contributed by atoms with E-state index in [0.717, 1.165) is 43.2 Å². The minimum Gasteiger partial charge on any atom is -0.459 e. The van der Waals surface area contributed by atoms with Gasteiger partial charge in [-0.25, -0.2) is 0 Å². The number of nitrogens with zero attached hydrogens (tertiary/aromatic N) is 1. The predicted molar refractivity (Wildman–Crippen MR) is 117 cm³/mol. The molecule has 1 aliphatic rings. The van der Waals surface area contributed by atoms with Crippen LogP contribution >= 0.6 is 11.6 Å². The second kappa shape index (κ2) is 9.51. The van der Waals surface area contributed by atoms with Gasteiger partial charge in [0.2, 0.25) is 0 Å². The summed E-state index contributed by atoms with van der Waals surface area (Å²) in [4.78, 5) is 14.5. The van der Waals surface area contributed by atoms with Gasteiger partial charge in [0.05, 0.1) is 0 Å². The Morgan fingerprint density at radius 1 is 1.10 bits per heavy atom. The van der Waals surface area contributed by atoms with E-state index in [9.17, 15) is 4.79 Å². The standard InChI is InChI=1S/C23H29ClN2O3/c1-23(2,3)29-22(27)16-26(15-17-12-13-25-14-17)19-6-10-21(11-7-19)28-20-8-4-18(24)5-9-20/h4-11,17,25H,12-16H2,1-3H3. The van der Waals surface area contributed by atoms with E-state index in [1.807, 2.05) is 57.2 Å². The smallest absolute Gasteiger partial charge is 0.326 e. The molecule has 0 radical (unpaired) electrons. The van der Waals surface area contributed by atoms with E-state index in [2.05, 4.69) is 10.2 Å². The summed E-state index contributed by atoms with van der Waals surface area (Å²) >= 11 is 5.92. The van der Waals surface area contributed by atoms with Crippen molar-refractivity contribution >= 4 is 23.3 Å². The van der Waals surface area contributed by atoms with E-state index in [1.54, 1.807) is 12.1 Å². The van der Waals surface area contributed by atoms with Gasteiger partial charge in [-0.3, -0.25) is 4.79 Å². The van der Waals surface area contributed by atoms with Gasteiger partial charge in [-0.1, -0.05) is 11.6 Å². The highest BCUT2D eigenvalue weighted by molar-refractivity contribution is 6.30. The van der Waals surface area contributed by atoms with Crippen molar-refractivity contribution in [1.29, 1.82) is 0 Å². The van der Waals surface area contributed by atoms with Gasteiger partial charge in [-0.2, -0.15) is 0 Å². The molecule has 1 fully saturated rings. The Bertz CT molecular complexity index is 794. The summed E-state index contributed by atoms with van der Waals surface area (Å²) < 4.78 is 11.4. The van der Waals surface area contributed by atoms with Gasteiger partial charge in [0.25, 0.3) is 0 Å². The molecule has 3 rings (SSSR count). The Morgan fingerprint density at radius 3 is 2.28 bits per heavy atom. The number of nitrogens with one attached hydrogen (secondary N) is 1. The van der Waals surface area contributed by atoms with E-state index in [1.165, 1.54) is 0 Å². The van der Waals surface area contributed by atoms with Crippen LogP contribution in [0.3, 0.4) is 0 Å². The molecule has 0 aliphatic carbocycles. The van der Waals surface area contributed by atoms with Gasteiger partial charge >= 0.3 is 5.97 Å². The number of carbonyl (C=O) groups excluding carboxylic acids is 1. The molecule has 1 heterocycles. The van der Waals surface area contributed by atoms with E-state index < -0.39 is 5.60 Å². The van der Waals surface area contributed by atoms with E-state index in [4.69, 9.17) is 21.1 Å². The van der Waals surface area contributed by atoms with Crippen LogP contribution in [0.4, 0.5) is 5.69 Å². The topological polar surface area (TPSA) is 50.8 Å². The monoisotopic (exact) mass is 416 g/mol. The van der Waals surface area contributed by atoms with Gasteiger partial charge in [0.1, 0.15) is 23.6 Å². The zero-order chi connectivity index (χ0) is 20.9. The van der Waals surface area contributed by atoms with Gasteiger partial charge in [-0.05, 0) is 94.7 Å². The minimum atomic E-state index is -0.492. The lowest BCUT2D eigenvalue weighted by Gasteiger charge is -2.28. The molecule has 1 N–H and O–H groups in total. The summed E-state index contributed by atoms with van der Waals surface area (Å²) in [6, 6.07) is 15.1. The van der Waals surface area contributed by atoms with Crippen molar-refractivity contribution in [3.8, 4) is 11.5 Å². The first-order valence-electron chi connectivity index (χ1n) is 9.99. The minimum absolute atomic E-state index is 0.218. The number of carbonyl (C=O) groups is 1. The highest BCUT2D eigenvalue weighted by atomic mass is 35.5. The number of rotatable bonds is 7. The summed E-state index contributed by atoms with van der Waals surface area (Å²) in [7, 11) is 0. The molecule has 2 aromatic carbocycles. The van der Waals surface area contributed by atoms with Crippen molar-refractivity contribution in [3.05, 3.63) is 53.6 Å². The number of hydrogen-bond acceptors (Lipinski definition) is 5. The number of hydrogen-bond donors (Lipinski definition) is 1. The molecular weight excluding hydrogens is 388 g/mol. The highest BCUT2D eigenvalue weighted by Crippen LogP contribution is 2.26. The van der Waals surface area contributed by atoms with Crippen LogP contribution in [0, 0.1) is 5.92 Å². The van der Waals surface area contributed by atoms with Gasteiger partial charge in [0.15, 0.2) is 0 Å². The second-order valence-electron chi connectivity index (χ2n) is 8.38. The normalized spacial score (nSPS) is 16.5. The van der Waals surface area contributed by atoms with Crippen molar-refractivity contribution < 1.29 is 14.3 Å². The third-order valence-corrected chi connectivity index (χ3v) is 4.88. The molecule has 5 nitrogen and oxygen atoms in total. The first kappa shape index (κ1) is 21.5. The van der Waals surface area contributed by atoms with Gasteiger partial charge in [0, 0.05) is 17.3 Å². The molecule has 1 atom stereocenters. The number of benzene rings is 2. The molecule has 0 bridgehead atoms. The molecule has 0 amide bonds. The second-order valence-corrected chi connectivity index (χ2v) is 8.81. The summed E-state index contributed by atoms with van der Waals surface area (Å²) in [6.07, 6.45) is 1.11. The Hall–Kier alpha value is -2.24. The SMILES string of the molecule is CC(C)(C)OC(=O)CN(CC1CCNC1)c1ccc(Oc2ccc(Cl)cc2)cc1. The number of halogens is 1. The molecule has 156 valence electrons. The molecule has 0 saturated carbocycles. The molecule has 6 heteroatoms. The molecule has 1 saturated heterocycles. The quantitative estimate of drug-likeness (QED) is 0.651. The average molecular weight is 417 g/mol. The van der Waals surface area contributed by atoms with Crippen LogP contribution in [-0.4, -0.2) is 37.7 Å². The molecular formula is C23H29ClN2O3.